The van der Waals surface area contributed by atoms with Crippen molar-refractivity contribution in [3.8, 4) is 0 Å². The highest BCUT2D eigenvalue weighted by atomic mass is 15.2. The van der Waals surface area contributed by atoms with Crippen LogP contribution < -0.4 is 5.73 Å². The molecule has 18 heavy (non-hydrogen) atoms. The van der Waals surface area contributed by atoms with Gasteiger partial charge < -0.3 is 5.73 Å². The van der Waals surface area contributed by atoms with Crippen LogP contribution in [-0.2, 0) is 6.54 Å². The molecular formula is C16H26N2. The van der Waals surface area contributed by atoms with Crippen molar-refractivity contribution in [2.75, 3.05) is 13.1 Å². The van der Waals surface area contributed by atoms with E-state index in [1.807, 2.05) is 0 Å². The van der Waals surface area contributed by atoms with Crippen molar-refractivity contribution in [1.82, 2.24) is 4.90 Å². The first-order valence-corrected chi connectivity index (χ1v) is 7.09. The molecule has 1 aliphatic rings. The summed E-state index contributed by atoms with van der Waals surface area (Å²) in [5.41, 5.74) is 7.51. The summed E-state index contributed by atoms with van der Waals surface area (Å²) in [6.45, 7) is 7.56. The molecule has 0 bridgehead atoms. The molecule has 0 saturated heterocycles. The van der Waals surface area contributed by atoms with E-state index in [4.69, 9.17) is 5.73 Å². The summed E-state index contributed by atoms with van der Waals surface area (Å²) >= 11 is 0. The highest BCUT2D eigenvalue weighted by molar-refractivity contribution is 5.14. The molecule has 2 rings (SSSR count). The summed E-state index contributed by atoms with van der Waals surface area (Å²) in [6.07, 6.45) is 3.93. The van der Waals surface area contributed by atoms with Gasteiger partial charge in [-0.2, -0.15) is 0 Å². The fraction of sp³-hybridized carbons (Fsp3) is 0.625. The third-order valence-corrected chi connectivity index (χ3v) is 3.92. The molecule has 1 fully saturated rings. The molecule has 0 radical (unpaired) electrons. The molecule has 2 heteroatoms. The minimum Gasteiger partial charge on any atom is -0.330 e. The van der Waals surface area contributed by atoms with Crippen molar-refractivity contribution in [2.24, 2.45) is 11.1 Å². The molecular weight excluding hydrogens is 220 g/mol. The van der Waals surface area contributed by atoms with Crippen LogP contribution in [0.1, 0.15) is 38.7 Å². The minimum absolute atomic E-state index is 0.268. The van der Waals surface area contributed by atoms with Gasteiger partial charge in [0, 0.05) is 12.6 Å². The van der Waals surface area contributed by atoms with Crippen LogP contribution in [-0.4, -0.2) is 24.0 Å². The molecule has 0 spiro atoms. The SMILES string of the molecule is CC(C)(CN)CCN(Cc1ccccc1)C1CC1. The Morgan fingerprint density at radius 2 is 1.89 bits per heavy atom. The molecule has 100 valence electrons. The topological polar surface area (TPSA) is 29.3 Å². The van der Waals surface area contributed by atoms with E-state index in [1.54, 1.807) is 0 Å². The van der Waals surface area contributed by atoms with E-state index >= 15 is 0 Å². The van der Waals surface area contributed by atoms with Gasteiger partial charge >= 0.3 is 0 Å². The second-order valence-electron chi connectivity index (χ2n) is 6.31. The maximum absolute atomic E-state index is 5.82. The summed E-state index contributed by atoms with van der Waals surface area (Å²) in [5.74, 6) is 0. The standard InChI is InChI=1S/C16H26N2/c1-16(2,13-17)10-11-18(15-8-9-15)12-14-6-4-3-5-7-14/h3-7,15H,8-13,17H2,1-2H3. The Kier molecular flexibility index (Phi) is 4.41. The first-order valence-electron chi connectivity index (χ1n) is 7.09. The van der Waals surface area contributed by atoms with Gasteiger partial charge in [-0.1, -0.05) is 44.2 Å². The zero-order chi connectivity index (χ0) is 13.0. The average molecular weight is 246 g/mol. The minimum atomic E-state index is 0.268. The summed E-state index contributed by atoms with van der Waals surface area (Å²) in [6, 6.07) is 11.6. The van der Waals surface area contributed by atoms with E-state index in [-0.39, 0.29) is 5.41 Å². The predicted molar refractivity (Wildman–Crippen MR) is 77.3 cm³/mol. The number of rotatable bonds is 7. The Bertz CT molecular complexity index is 355. The molecule has 0 amide bonds. The van der Waals surface area contributed by atoms with E-state index in [2.05, 4.69) is 49.1 Å². The van der Waals surface area contributed by atoms with Crippen LogP contribution in [0.3, 0.4) is 0 Å². The van der Waals surface area contributed by atoms with E-state index < -0.39 is 0 Å². The Morgan fingerprint density at radius 3 is 2.44 bits per heavy atom. The monoisotopic (exact) mass is 246 g/mol. The molecule has 1 aliphatic carbocycles. The fourth-order valence-electron chi connectivity index (χ4n) is 2.20. The normalized spacial score (nSPS) is 16.2. The first-order chi connectivity index (χ1) is 8.61. The smallest absolute Gasteiger partial charge is 0.0236 e. The quantitative estimate of drug-likeness (QED) is 0.801. The lowest BCUT2D eigenvalue weighted by molar-refractivity contribution is 0.206. The van der Waals surface area contributed by atoms with Gasteiger partial charge in [-0.15, -0.1) is 0 Å². The molecule has 0 heterocycles. The molecule has 2 N–H and O–H groups in total. The number of nitrogens with two attached hydrogens (primary N) is 1. The Labute approximate surface area is 111 Å². The lowest BCUT2D eigenvalue weighted by atomic mass is 9.89. The maximum Gasteiger partial charge on any atom is 0.0236 e. The lowest BCUT2D eigenvalue weighted by Gasteiger charge is -2.28. The highest BCUT2D eigenvalue weighted by Gasteiger charge is 2.29. The van der Waals surface area contributed by atoms with Crippen molar-refractivity contribution in [2.45, 2.75) is 45.7 Å². The van der Waals surface area contributed by atoms with Crippen molar-refractivity contribution < 1.29 is 0 Å². The van der Waals surface area contributed by atoms with Gasteiger partial charge in [0.2, 0.25) is 0 Å². The van der Waals surface area contributed by atoms with Gasteiger partial charge in [0.15, 0.2) is 0 Å². The fourth-order valence-corrected chi connectivity index (χ4v) is 2.20. The van der Waals surface area contributed by atoms with Crippen LogP contribution in [0.5, 0.6) is 0 Å². The Balaban J connectivity index is 1.89. The van der Waals surface area contributed by atoms with E-state index in [0.29, 0.717) is 0 Å². The van der Waals surface area contributed by atoms with E-state index in [0.717, 1.165) is 19.1 Å². The van der Waals surface area contributed by atoms with Crippen molar-refractivity contribution in [3.63, 3.8) is 0 Å². The molecule has 1 aromatic rings. The second kappa shape index (κ2) is 5.85. The van der Waals surface area contributed by atoms with E-state index in [9.17, 15) is 0 Å². The molecule has 0 atom stereocenters. The molecule has 1 saturated carbocycles. The molecule has 1 aromatic carbocycles. The predicted octanol–water partition coefficient (Wildman–Crippen LogP) is 3.03. The molecule has 0 aliphatic heterocycles. The van der Waals surface area contributed by atoms with Crippen LogP contribution in [0.25, 0.3) is 0 Å². The van der Waals surface area contributed by atoms with Crippen LogP contribution in [0, 0.1) is 5.41 Å². The number of nitrogens with zero attached hydrogens (tertiary/aromatic N) is 1. The van der Waals surface area contributed by atoms with Crippen molar-refractivity contribution in [3.05, 3.63) is 35.9 Å². The summed E-state index contributed by atoms with van der Waals surface area (Å²) in [4.78, 5) is 2.63. The van der Waals surface area contributed by atoms with Gasteiger partial charge in [0.25, 0.3) is 0 Å². The summed E-state index contributed by atoms with van der Waals surface area (Å²) < 4.78 is 0. The Hall–Kier alpha value is -0.860. The zero-order valence-corrected chi connectivity index (χ0v) is 11.7. The largest absolute Gasteiger partial charge is 0.330 e. The Morgan fingerprint density at radius 1 is 1.22 bits per heavy atom. The third kappa shape index (κ3) is 4.11. The van der Waals surface area contributed by atoms with Crippen LogP contribution >= 0.6 is 0 Å². The molecule has 2 nitrogen and oxygen atoms in total. The van der Waals surface area contributed by atoms with Gasteiger partial charge in [0.05, 0.1) is 0 Å². The van der Waals surface area contributed by atoms with Crippen molar-refractivity contribution >= 4 is 0 Å². The highest BCUT2D eigenvalue weighted by Crippen LogP contribution is 2.30. The van der Waals surface area contributed by atoms with Crippen LogP contribution in [0.15, 0.2) is 30.3 Å². The van der Waals surface area contributed by atoms with Crippen molar-refractivity contribution in [1.29, 1.82) is 0 Å². The van der Waals surface area contributed by atoms with Crippen LogP contribution in [0.4, 0.5) is 0 Å². The second-order valence-corrected chi connectivity index (χ2v) is 6.31. The molecule has 0 aromatic heterocycles. The van der Waals surface area contributed by atoms with Gasteiger partial charge in [-0.25, -0.2) is 0 Å². The third-order valence-electron chi connectivity index (χ3n) is 3.92. The summed E-state index contributed by atoms with van der Waals surface area (Å²) in [7, 11) is 0. The lowest BCUT2D eigenvalue weighted by Crippen LogP contribution is -2.32. The van der Waals surface area contributed by atoms with Gasteiger partial charge in [-0.05, 0) is 43.3 Å². The number of benzene rings is 1. The first kappa shape index (κ1) is 13.6. The van der Waals surface area contributed by atoms with E-state index in [1.165, 1.54) is 31.4 Å². The maximum atomic E-state index is 5.82. The number of hydrogen-bond acceptors (Lipinski definition) is 2. The molecule has 0 unspecified atom stereocenters. The van der Waals surface area contributed by atoms with Crippen LogP contribution in [0.2, 0.25) is 0 Å². The zero-order valence-electron chi connectivity index (χ0n) is 11.7. The van der Waals surface area contributed by atoms with Gasteiger partial charge in [-0.3, -0.25) is 4.90 Å². The average Bonchev–Trinajstić information content (AvgIpc) is 3.20. The summed E-state index contributed by atoms with van der Waals surface area (Å²) in [5, 5.41) is 0. The van der Waals surface area contributed by atoms with Gasteiger partial charge in [0.1, 0.15) is 0 Å². The number of hydrogen-bond donors (Lipinski definition) is 1.